The van der Waals surface area contributed by atoms with E-state index in [1.807, 2.05) is 19.9 Å². The molecule has 0 spiro atoms. The maximum atomic E-state index is 12.4. The van der Waals surface area contributed by atoms with Gasteiger partial charge >= 0.3 is 0 Å². The number of hydrogen-bond donors (Lipinski definition) is 1. The third-order valence-electron chi connectivity index (χ3n) is 4.02. The number of carbonyl (C=O) groups excluding carboxylic acids is 1. The average molecular weight is 312 g/mol. The molecule has 116 valence electrons. The summed E-state index contributed by atoms with van der Waals surface area (Å²) >= 11 is 5.97. The fourth-order valence-electron chi connectivity index (χ4n) is 2.45. The smallest absolute Gasteiger partial charge is 0.263 e. The molecule has 0 aromatic heterocycles. The summed E-state index contributed by atoms with van der Waals surface area (Å²) < 4.78 is 5.70. The topological polar surface area (TPSA) is 49.8 Å². The van der Waals surface area contributed by atoms with Gasteiger partial charge in [0.05, 0.1) is 6.10 Å². The Bertz CT molecular complexity index is 520. The molecular formula is C16H22ClNO3. The van der Waals surface area contributed by atoms with E-state index in [1.165, 1.54) is 0 Å². The van der Waals surface area contributed by atoms with E-state index in [4.69, 9.17) is 16.3 Å². The van der Waals surface area contributed by atoms with Gasteiger partial charge in [-0.25, -0.2) is 0 Å². The summed E-state index contributed by atoms with van der Waals surface area (Å²) in [7, 11) is 0. The number of nitrogens with zero attached hydrogens (tertiary/aromatic N) is 1. The van der Waals surface area contributed by atoms with E-state index in [1.54, 1.807) is 24.0 Å². The first-order valence-electron chi connectivity index (χ1n) is 7.28. The first-order valence-corrected chi connectivity index (χ1v) is 7.66. The molecule has 5 heteroatoms. The number of aliphatic hydroxyl groups is 1. The summed E-state index contributed by atoms with van der Waals surface area (Å²) in [5.74, 6) is 0.779. The van der Waals surface area contributed by atoms with Crippen molar-refractivity contribution in [2.24, 2.45) is 5.92 Å². The minimum absolute atomic E-state index is 0.0893. The normalized spacial score (nSPS) is 23.8. The molecule has 0 aliphatic carbocycles. The molecule has 1 aromatic rings. The highest BCUT2D eigenvalue weighted by atomic mass is 35.5. The highest BCUT2D eigenvalue weighted by Crippen LogP contribution is 2.23. The number of piperidine rings is 1. The second-order valence-electron chi connectivity index (χ2n) is 5.79. The number of amides is 1. The molecule has 1 aromatic carbocycles. The number of ether oxygens (including phenoxy) is 1. The van der Waals surface area contributed by atoms with Crippen molar-refractivity contribution in [3.8, 4) is 5.75 Å². The second kappa shape index (κ2) is 6.67. The summed E-state index contributed by atoms with van der Waals surface area (Å²) in [6.45, 7) is 6.68. The third kappa shape index (κ3) is 3.89. The number of rotatable bonds is 3. The van der Waals surface area contributed by atoms with E-state index in [2.05, 4.69) is 0 Å². The third-order valence-corrected chi connectivity index (χ3v) is 4.44. The Morgan fingerprint density at radius 2 is 2.24 bits per heavy atom. The van der Waals surface area contributed by atoms with E-state index >= 15 is 0 Å². The zero-order valence-corrected chi connectivity index (χ0v) is 13.4. The average Bonchev–Trinajstić information content (AvgIpc) is 2.45. The van der Waals surface area contributed by atoms with Crippen molar-refractivity contribution in [2.75, 3.05) is 13.1 Å². The number of carbonyl (C=O) groups is 1. The molecule has 0 bridgehead atoms. The van der Waals surface area contributed by atoms with Crippen molar-refractivity contribution in [1.29, 1.82) is 0 Å². The van der Waals surface area contributed by atoms with Gasteiger partial charge in [0.2, 0.25) is 0 Å². The number of aryl methyl sites for hydroxylation is 1. The quantitative estimate of drug-likeness (QED) is 0.933. The minimum atomic E-state index is -0.578. The zero-order chi connectivity index (χ0) is 15.6. The highest BCUT2D eigenvalue weighted by Gasteiger charge is 2.30. The lowest BCUT2D eigenvalue weighted by molar-refractivity contribution is -0.142. The van der Waals surface area contributed by atoms with Crippen LogP contribution in [0.1, 0.15) is 25.8 Å². The Kier molecular flexibility index (Phi) is 5.12. The highest BCUT2D eigenvalue weighted by molar-refractivity contribution is 6.31. The lowest BCUT2D eigenvalue weighted by Crippen LogP contribution is -2.49. The van der Waals surface area contributed by atoms with Crippen molar-refractivity contribution in [2.45, 2.75) is 39.4 Å². The monoisotopic (exact) mass is 311 g/mol. The molecule has 3 unspecified atom stereocenters. The van der Waals surface area contributed by atoms with Gasteiger partial charge in [0.1, 0.15) is 5.75 Å². The number of hydrogen-bond acceptors (Lipinski definition) is 3. The van der Waals surface area contributed by atoms with Gasteiger partial charge in [-0.05, 0) is 49.9 Å². The predicted octanol–water partition coefficient (Wildman–Crippen LogP) is 2.65. The van der Waals surface area contributed by atoms with Crippen molar-refractivity contribution in [1.82, 2.24) is 4.90 Å². The molecular weight excluding hydrogens is 290 g/mol. The zero-order valence-electron chi connectivity index (χ0n) is 12.7. The van der Waals surface area contributed by atoms with E-state index < -0.39 is 12.2 Å². The summed E-state index contributed by atoms with van der Waals surface area (Å²) in [5.41, 5.74) is 0.913. The van der Waals surface area contributed by atoms with Gasteiger partial charge in [-0.3, -0.25) is 4.79 Å². The SMILES string of the molecule is Cc1cc(OC(C)C(=O)N2CCC(C)C(O)C2)ccc1Cl. The Labute approximate surface area is 130 Å². The number of likely N-dealkylation sites (tertiary alicyclic amines) is 1. The van der Waals surface area contributed by atoms with E-state index in [0.717, 1.165) is 12.0 Å². The van der Waals surface area contributed by atoms with Crippen LogP contribution < -0.4 is 4.74 Å². The molecule has 3 atom stereocenters. The van der Waals surface area contributed by atoms with Gasteiger partial charge in [-0.1, -0.05) is 18.5 Å². The van der Waals surface area contributed by atoms with Crippen molar-refractivity contribution in [3.05, 3.63) is 28.8 Å². The molecule has 1 aliphatic rings. The standard InChI is InChI=1S/C16H22ClNO3/c1-10-6-7-18(9-15(10)19)16(20)12(3)21-13-4-5-14(17)11(2)8-13/h4-5,8,10,12,15,19H,6-7,9H2,1-3H3. The van der Waals surface area contributed by atoms with Gasteiger partial charge in [0, 0.05) is 18.1 Å². The molecule has 21 heavy (non-hydrogen) atoms. The number of aliphatic hydroxyl groups excluding tert-OH is 1. The maximum absolute atomic E-state index is 12.4. The van der Waals surface area contributed by atoms with Gasteiger partial charge in [-0.2, -0.15) is 0 Å². The van der Waals surface area contributed by atoms with Crippen LogP contribution in [0.25, 0.3) is 0 Å². The van der Waals surface area contributed by atoms with Crippen LogP contribution in [0.4, 0.5) is 0 Å². The van der Waals surface area contributed by atoms with Gasteiger partial charge < -0.3 is 14.7 Å². The van der Waals surface area contributed by atoms with Gasteiger partial charge in [0.25, 0.3) is 5.91 Å². The summed E-state index contributed by atoms with van der Waals surface area (Å²) in [5, 5.41) is 10.6. The minimum Gasteiger partial charge on any atom is -0.481 e. The maximum Gasteiger partial charge on any atom is 0.263 e. The molecule has 1 N–H and O–H groups in total. The van der Waals surface area contributed by atoms with E-state index in [-0.39, 0.29) is 11.8 Å². The summed E-state index contributed by atoms with van der Waals surface area (Å²) in [4.78, 5) is 14.0. The van der Waals surface area contributed by atoms with Crippen LogP contribution in [0.15, 0.2) is 18.2 Å². The fourth-order valence-corrected chi connectivity index (χ4v) is 2.57. The Hall–Kier alpha value is -1.26. The van der Waals surface area contributed by atoms with Crippen LogP contribution in [-0.4, -0.2) is 41.2 Å². The Morgan fingerprint density at radius 3 is 2.86 bits per heavy atom. The van der Waals surface area contributed by atoms with Crippen molar-refractivity contribution in [3.63, 3.8) is 0 Å². The summed E-state index contributed by atoms with van der Waals surface area (Å²) in [6, 6.07) is 5.33. The number of β-amino-alcohol motifs (C(OH)–C–C–N with tert-alkyl or cyclic N) is 1. The van der Waals surface area contributed by atoms with Crippen molar-refractivity contribution >= 4 is 17.5 Å². The van der Waals surface area contributed by atoms with Gasteiger partial charge in [-0.15, -0.1) is 0 Å². The first kappa shape index (κ1) is 16.1. The molecule has 0 saturated carbocycles. The van der Waals surface area contributed by atoms with Gasteiger partial charge in [0.15, 0.2) is 6.10 Å². The molecule has 1 heterocycles. The van der Waals surface area contributed by atoms with Crippen LogP contribution in [0.3, 0.4) is 0 Å². The van der Waals surface area contributed by atoms with E-state index in [9.17, 15) is 9.90 Å². The fraction of sp³-hybridized carbons (Fsp3) is 0.562. The second-order valence-corrected chi connectivity index (χ2v) is 6.20. The first-order chi connectivity index (χ1) is 9.88. The number of halogens is 1. The molecule has 1 aliphatic heterocycles. The molecule has 1 saturated heterocycles. The lowest BCUT2D eigenvalue weighted by Gasteiger charge is -2.35. The van der Waals surface area contributed by atoms with Crippen molar-refractivity contribution < 1.29 is 14.6 Å². The van der Waals surface area contributed by atoms with Crippen LogP contribution >= 0.6 is 11.6 Å². The van der Waals surface area contributed by atoms with Crippen LogP contribution in [0.2, 0.25) is 5.02 Å². The van der Waals surface area contributed by atoms with Crippen LogP contribution in [0, 0.1) is 12.8 Å². The lowest BCUT2D eigenvalue weighted by atomic mass is 9.96. The summed E-state index contributed by atoms with van der Waals surface area (Å²) in [6.07, 6.45) is -0.210. The predicted molar refractivity (Wildman–Crippen MR) is 82.6 cm³/mol. The molecule has 1 amide bonds. The largest absolute Gasteiger partial charge is 0.481 e. The van der Waals surface area contributed by atoms with Crippen LogP contribution in [-0.2, 0) is 4.79 Å². The Balaban J connectivity index is 1.97. The van der Waals surface area contributed by atoms with Crippen LogP contribution in [0.5, 0.6) is 5.75 Å². The Morgan fingerprint density at radius 1 is 1.52 bits per heavy atom. The molecule has 2 rings (SSSR count). The number of benzene rings is 1. The van der Waals surface area contributed by atoms with E-state index in [0.29, 0.717) is 23.9 Å². The molecule has 4 nitrogen and oxygen atoms in total. The molecule has 0 radical (unpaired) electrons. The molecule has 1 fully saturated rings.